The average molecular weight is 321 g/mol. The van der Waals surface area contributed by atoms with Crippen molar-refractivity contribution in [1.82, 2.24) is 0 Å². The monoisotopic (exact) mass is 321 g/mol. The standard InChI is InChI=1S/C16H23N3O4/c1-15(2,3)13(20)17-10-7-11(9-12(8-10)19(22)23)18-14(21)16(4,5)6/h7-9H,1-6H3,(H,17,20)(H,18,21). The van der Waals surface area contributed by atoms with E-state index in [9.17, 15) is 19.7 Å². The van der Waals surface area contributed by atoms with Gasteiger partial charge < -0.3 is 10.6 Å². The van der Waals surface area contributed by atoms with Crippen LogP contribution in [0.3, 0.4) is 0 Å². The van der Waals surface area contributed by atoms with Crippen molar-refractivity contribution in [3.8, 4) is 0 Å². The van der Waals surface area contributed by atoms with Gasteiger partial charge in [0.05, 0.1) is 4.92 Å². The predicted octanol–water partition coefficient (Wildman–Crippen LogP) is 3.56. The first-order chi connectivity index (χ1) is 10.3. The average Bonchev–Trinajstić information content (AvgIpc) is 2.35. The molecule has 7 heteroatoms. The van der Waals surface area contributed by atoms with E-state index in [1.165, 1.54) is 18.2 Å². The fourth-order valence-corrected chi connectivity index (χ4v) is 1.50. The van der Waals surface area contributed by atoms with Gasteiger partial charge in [-0.2, -0.15) is 0 Å². The van der Waals surface area contributed by atoms with Crippen LogP contribution in [0.15, 0.2) is 18.2 Å². The summed E-state index contributed by atoms with van der Waals surface area (Å²) in [5, 5.41) is 16.3. The minimum atomic E-state index is -0.639. The van der Waals surface area contributed by atoms with Gasteiger partial charge in [-0.1, -0.05) is 41.5 Å². The molecule has 2 amide bonds. The second kappa shape index (κ2) is 6.36. The SMILES string of the molecule is CC(C)(C)C(=O)Nc1cc(NC(=O)C(C)(C)C)cc([N+](=O)[O-])c1. The Morgan fingerprint density at radius 1 is 0.870 bits per heavy atom. The van der Waals surface area contributed by atoms with E-state index in [1.807, 2.05) is 0 Å². The number of hydrogen-bond acceptors (Lipinski definition) is 4. The molecular formula is C16H23N3O4. The maximum Gasteiger partial charge on any atom is 0.273 e. The first kappa shape index (κ1) is 18.6. The van der Waals surface area contributed by atoms with Gasteiger partial charge in [-0.3, -0.25) is 19.7 Å². The molecule has 0 aliphatic carbocycles. The molecule has 0 fully saturated rings. The summed E-state index contributed by atoms with van der Waals surface area (Å²) in [4.78, 5) is 34.6. The molecule has 0 radical (unpaired) electrons. The van der Waals surface area contributed by atoms with Gasteiger partial charge in [-0.15, -0.1) is 0 Å². The van der Waals surface area contributed by atoms with Crippen LogP contribution in [0.5, 0.6) is 0 Å². The first-order valence-corrected chi connectivity index (χ1v) is 7.23. The Morgan fingerprint density at radius 3 is 1.48 bits per heavy atom. The van der Waals surface area contributed by atoms with Crippen molar-refractivity contribution in [2.45, 2.75) is 41.5 Å². The summed E-state index contributed by atoms with van der Waals surface area (Å²) in [7, 11) is 0. The maximum atomic E-state index is 12.0. The molecule has 23 heavy (non-hydrogen) atoms. The predicted molar refractivity (Wildman–Crippen MR) is 89.3 cm³/mol. The molecule has 0 spiro atoms. The largest absolute Gasteiger partial charge is 0.325 e. The molecule has 0 aliphatic heterocycles. The minimum Gasteiger partial charge on any atom is -0.325 e. The van der Waals surface area contributed by atoms with E-state index in [4.69, 9.17) is 0 Å². The molecule has 7 nitrogen and oxygen atoms in total. The number of nitrogens with zero attached hydrogens (tertiary/aromatic N) is 1. The molecule has 0 bridgehead atoms. The maximum absolute atomic E-state index is 12.0. The van der Waals surface area contributed by atoms with Crippen molar-refractivity contribution in [2.24, 2.45) is 10.8 Å². The highest BCUT2D eigenvalue weighted by Crippen LogP contribution is 2.27. The number of carbonyl (C=O) groups is 2. The zero-order valence-electron chi connectivity index (χ0n) is 14.3. The second-order valence-corrected chi connectivity index (χ2v) is 7.43. The van der Waals surface area contributed by atoms with Crippen LogP contribution in [0.1, 0.15) is 41.5 Å². The molecule has 0 saturated heterocycles. The lowest BCUT2D eigenvalue weighted by atomic mass is 9.95. The Bertz CT molecular complexity index is 593. The van der Waals surface area contributed by atoms with Gasteiger partial charge in [0, 0.05) is 34.3 Å². The summed E-state index contributed by atoms with van der Waals surface area (Å²) in [6.45, 7) is 10.4. The number of carbonyl (C=O) groups excluding carboxylic acids is 2. The zero-order chi connectivity index (χ0) is 18.0. The number of nitrogens with one attached hydrogen (secondary N) is 2. The molecule has 0 saturated carbocycles. The number of hydrogen-bond donors (Lipinski definition) is 2. The van der Waals surface area contributed by atoms with Crippen molar-refractivity contribution in [2.75, 3.05) is 10.6 Å². The van der Waals surface area contributed by atoms with Crippen molar-refractivity contribution >= 4 is 28.9 Å². The van der Waals surface area contributed by atoms with Gasteiger partial charge in [-0.05, 0) is 6.07 Å². The minimum absolute atomic E-state index is 0.207. The third kappa shape index (κ3) is 5.36. The third-order valence-corrected chi connectivity index (χ3v) is 3.01. The number of benzene rings is 1. The fraction of sp³-hybridized carbons (Fsp3) is 0.500. The Labute approximate surface area is 135 Å². The van der Waals surface area contributed by atoms with Crippen molar-refractivity contribution < 1.29 is 14.5 Å². The number of rotatable bonds is 3. The van der Waals surface area contributed by atoms with E-state index in [1.54, 1.807) is 41.5 Å². The summed E-state index contributed by atoms with van der Waals surface area (Å²) in [6.07, 6.45) is 0. The first-order valence-electron chi connectivity index (χ1n) is 7.23. The number of nitro groups is 1. The van der Waals surface area contributed by atoms with Crippen LogP contribution in [-0.4, -0.2) is 16.7 Å². The van der Waals surface area contributed by atoms with Gasteiger partial charge in [0.25, 0.3) is 5.69 Å². The summed E-state index contributed by atoms with van der Waals surface area (Å²) in [5.74, 6) is -0.544. The van der Waals surface area contributed by atoms with Crippen LogP contribution in [0.2, 0.25) is 0 Å². The van der Waals surface area contributed by atoms with E-state index in [-0.39, 0.29) is 28.9 Å². The van der Waals surface area contributed by atoms with Gasteiger partial charge in [0.15, 0.2) is 0 Å². The number of nitro benzene ring substituents is 1. The Balaban J connectivity index is 3.16. The van der Waals surface area contributed by atoms with Crippen LogP contribution in [0, 0.1) is 20.9 Å². The molecular weight excluding hydrogens is 298 g/mol. The topological polar surface area (TPSA) is 101 Å². The number of anilines is 2. The van der Waals surface area contributed by atoms with Gasteiger partial charge in [0.1, 0.15) is 0 Å². The molecule has 126 valence electrons. The lowest BCUT2D eigenvalue weighted by Gasteiger charge is -2.19. The number of non-ortho nitro benzene ring substituents is 1. The number of amides is 2. The summed E-state index contributed by atoms with van der Waals surface area (Å²) < 4.78 is 0. The molecule has 0 atom stereocenters. The van der Waals surface area contributed by atoms with Crippen LogP contribution >= 0.6 is 0 Å². The van der Waals surface area contributed by atoms with Crippen LogP contribution in [0.4, 0.5) is 17.1 Å². The van der Waals surface area contributed by atoms with Crippen LogP contribution < -0.4 is 10.6 Å². The van der Waals surface area contributed by atoms with E-state index in [0.29, 0.717) is 0 Å². The Kier molecular flexibility index (Phi) is 5.14. The summed E-state index contributed by atoms with van der Waals surface area (Å²) in [5.41, 5.74) is -0.952. The van der Waals surface area contributed by atoms with Gasteiger partial charge in [-0.25, -0.2) is 0 Å². The van der Waals surface area contributed by atoms with Gasteiger partial charge >= 0.3 is 0 Å². The molecule has 0 aromatic heterocycles. The molecule has 1 aromatic carbocycles. The third-order valence-electron chi connectivity index (χ3n) is 3.01. The van der Waals surface area contributed by atoms with E-state index >= 15 is 0 Å². The summed E-state index contributed by atoms with van der Waals surface area (Å²) in [6, 6.07) is 4.02. The van der Waals surface area contributed by atoms with Gasteiger partial charge in [0.2, 0.25) is 11.8 Å². The highest BCUT2D eigenvalue weighted by atomic mass is 16.6. The van der Waals surface area contributed by atoms with Crippen LogP contribution in [-0.2, 0) is 9.59 Å². The van der Waals surface area contributed by atoms with Crippen LogP contribution in [0.25, 0.3) is 0 Å². The van der Waals surface area contributed by atoms with Crippen molar-refractivity contribution in [3.63, 3.8) is 0 Å². The quantitative estimate of drug-likeness (QED) is 0.656. The molecule has 1 rings (SSSR count). The lowest BCUT2D eigenvalue weighted by molar-refractivity contribution is -0.384. The normalized spacial score (nSPS) is 11.7. The molecule has 0 aliphatic rings. The Morgan fingerprint density at radius 2 is 1.22 bits per heavy atom. The molecule has 0 heterocycles. The molecule has 2 N–H and O–H groups in total. The Hall–Kier alpha value is -2.44. The van der Waals surface area contributed by atoms with E-state index in [2.05, 4.69) is 10.6 Å². The highest BCUT2D eigenvalue weighted by molar-refractivity contribution is 5.98. The van der Waals surface area contributed by atoms with E-state index in [0.717, 1.165) is 0 Å². The lowest BCUT2D eigenvalue weighted by Crippen LogP contribution is -2.28. The highest BCUT2D eigenvalue weighted by Gasteiger charge is 2.24. The smallest absolute Gasteiger partial charge is 0.273 e. The zero-order valence-corrected chi connectivity index (χ0v) is 14.3. The second-order valence-electron chi connectivity index (χ2n) is 7.43. The molecule has 1 aromatic rings. The fourth-order valence-electron chi connectivity index (χ4n) is 1.50. The van der Waals surface area contributed by atoms with Crippen molar-refractivity contribution in [1.29, 1.82) is 0 Å². The van der Waals surface area contributed by atoms with E-state index < -0.39 is 15.8 Å². The van der Waals surface area contributed by atoms with Crippen molar-refractivity contribution in [3.05, 3.63) is 28.3 Å². The molecule has 0 unspecified atom stereocenters. The summed E-state index contributed by atoms with van der Waals surface area (Å²) >= 11 is 0.